The second-order valence-electron chi connectivity index (χ2n) is 3.50. The molecule has 1 atom stereocenters. The van der Waals surface area contributed by atoms with Gasteiger partial charge in [0.1, 0.15) is 0 Å². The molecule has 0 radical (unpaired) electrons. The predicted molar refractivity (Wildman–Crippen MR) is 58.2 cm³/mol. The van der Waals surface area contributed by atoms with Crippen molar-refractivity contribution in [2.75, 3.05) is 6.61 Å². The Labute approximate surface area is 87.7 Å². The first-order valence-electron chi connectivity index (χ1n) is 4.88. The van der Waals surface area contributed by atoms with Crippen LogP contribution in [0.2, 0.25) is 0 Å². The largest absolute Gasteiger partial charge is 0.396 e. The van der Waals surface area contributed by atoms with Gasteiger partial charge in [-0.3, -0.25) is 0 Å². The molecule has 1 aromatic carbocycles. The Kier molecular flexibility index (Phi) is 2.89. The van der Waals surface area contributed by atoms with Crippen molar-refractivity contribution in [1.82, 2.24) is 10.2 Å². The second kappa shape index (κ2) is 4.33. The van der Waals surface area contributed by atoms with E-state index in [1.54, 1.807) is 12.4 Å². The Morgan fingerprint density at radius 2 is 1.93 bits per heavy atom. The van der Waals surface area contributed by atoms with Crippen molar-refractivity contribution >= 4 is 10.8 Å². The summed E-state index contributed by atoms with van der Waals surface area (Å²) in [5.74, 6) is 0. The highest BCUT2D eigenvalue weighted by Crippen LogP contribution is 2.19. The molecular formula is C11H13N3O. The predicted octanol–water partition coefficient (Wildman–Crippen LogP) is 1.01. The van der Waals surface area contributed by atoms with Crippen LogP contribution in [0.4, 0.5) is 0 Å². The molecule has 0 spiro atoms. The molecule has 78 valence electrons. The van der Waals surface area contributed by atoms with Crippen LogP contribution in [0.5, 0.6) is 0 Å². The normalized spacial score (nSPS) is 12.9. The van der Waals surface area contributed by atoms with Gasteiger partial charge >= 0.3 is 0 Å². The summed E-state index contributed by atoms with van der Waals surface area (Å²) >= 11 is 0. The third-order valence-corrected chi connectivity index (χ3v) is 2.44. The van der Waals surface area contributed by atoms with Gasteiger partial charge in [0.25, 0.3) is 0 Å². The molecule has 1 unspecified atom stereocenters. The van der Waals surface area contributed by atoms with Gasteiger partial charge in [-0.2, -0.15) is 10.2 Å². The van der Waals surface area contributed by atoms with E-state index in [0.29, 0.717) is 6.42 Å². The van der Waals surface area contributed by atoms with Crippen LogP contribution < -0.4 is 5.73 Å². The maximum atomic E-state index is 8.81. The summed E-state index contributed by atoms with van der Waals surface area (Å²) in [7, 11) is 0. The SMILES string of the molecule is NC(CCO)c1ccc2cnncc2c1. The molecule has 0 fully saturated rings. The molecule has 0 bridgehead atoms. The first-order chi connectivity index (χ1) is 7.31. The number of aliphatic hydroxyl groups is 1. The molecule has 1 aromatic heterocycles. The molecule has 4 nitrogen and oxygen atoms in total. The molecule has 4 heteroatoms. The van der Waals surface area contributed by atoms with E-state index in [1.807, 2.05) is 18.2 Å². The molecule has 0 amide bonds. The van der Waals surface area contributed by atoms with Gasteiger partial charge in [0, 0.05) is 23.4 Å². The Hall–Kier alpha value is -1.52. The molecule has 2 rings (SSSR count). The van der Waals surface area contributed by atoms with Gasteiger partial charge in [0.15, 0.2) is 0 Å². The number of aromatic nitrogens is 2. The van der Waals surface area contributed by atoms with Crippen LogP contribution in [-0.2, 0) is 0 Å². The van der Waals surface area contributed by atoms with Gasteiger partial charge in [0.05, 0.1) is 12.4 Å². The first kappa shape index (κ1) is 10.0. The summed E-state index contributed by atoms with van der Waals surface area (Å²) in [5, 5.41) is 18.5. The highest BCUT2D eigenvalue weighted by atomic mass is 16.3. The van der Waals surface area contributed by atoms with E-state index in [1.165, 1.54) is 0 Å². The minimum Gasteiger partial charge on any atom is -0.396 e. The molecule has 3 N–H and O–H groups in total. The number of nitrogens with two attached hydrogens (primary N) is 1. The van der Waals surface area contributed by atoms with Crippen molar-refractivity contribution < 1.29 is 5.11 Å². The summed E-state index contributed by atoms with van der Waals surface area (Å²) in [4.78, 5) is 0. The maximum absolute atomic E-state index is 8.81. The Balaban J connectivity index is 2.38. The first-order valence-corrected chi connectivity index (χ1v) is 4.88. The van der Waals surface area contributed by atoms with Crippen LogP contribution >= 0.6 is 0 Å². The van der Waals surface area contributed by atoms with E-state index in [9.17, 15) is 0 Å². The molecule has 0 aliphatic rings. The van der Waals surface area contributed by atoms with Crippen LogP contribution in [0, 0.1) is 0 Å². The fourth-order valence-electron chi connectivity index (χ4n) is 1.55. The summed E-state index contributed by atoms with van der Waals surface area (Å²) < 4.78 is 0. The quantitative estimate of drug-likeness (QED) is 0.781. The average molecular weight is 203 g/mol. The minimum atomic E-state index is -0.118. The summed E-state index contributed by atoms with van der Waals surface area (Å²) in [6, 6.07) is 5.80. The lowest BCUT2D eigenvalue weighted by Gasteiger charge is -2.10. The highest BCUT2D eigenvalue weighted by molar-refractivity contribution is 5.81. The smallest absolute Gasteiger partial charge is 0.0574 e. The Morgan fingerprint density at radius 3 is 2.67 bits per heavy atom. The fraction of sp³-hybridized carbons (Fsp3) is 0.273. The third kappa shape index (κ3) is 2.11. The monoisotopic (exact) mass is 203 g/mol. The van der Waals surface area contributed by atoms with E-state index in [4.69, 9.17) is 10.8 Å². The van der Waals surface area contributed by atoms with Gasteiger partial charge in [0.2, 0.25) is 0 Å². The summed E-state index contributed by atoms with van der Waals surface area (Å²) in [6.45, 7) is 0.105. The highest BCUT2D eigenvalue weighted by Gasteiger charge is 2.05. The number of hydrogen-bond donors (Lipinski definition) is 2. The van der Waals surface area contributed by atoms with E-state index < -0.39 is 0 Å². The summed E-state index contributed by atoms with van der Waals surface area (Å²) in [6.07, 6.45) is 4.01. The minimum absolute atomic E-state index is 0.105. The van der Waals surface area contributed by atoms with Gasteiger partial charge in [-0.15, -0.1) is 0 Å². The molecule has 1 heterocycles. The maximum Gasteiger partial charge on any atom is 0.0574 e. The van der Waals surface area contributed by atoms with Crippen molar-refractivity contribution in [3.8, 4) is 0 Å². The van der Waals surface area contributed by atoms with Crippen LogP contribution in [0.25, 0.3) is 10.8 Å². The van der Waals surface area contributed by atoms with E-state index in [-0.39, 0.29) is 12.6 Å². The number of aliphatic hydroxyl groups excluding tert-OH is 1. The van der Waals surface area contributed by atoms with Crippen LogP contribution in [0.3, 0.4) is 0 Å². The molecule has 0 aliphatic heterocycles. The Morgan fingerprint density at radius 1 is 1.20 bits per heavy atom. The summed E-state index contributed by atoms with van der Waals surface area (Å²) in [5.41, 5.74) is 6.92. The van der Waals surface area contributed by atoms with Gasteiger partial charge in [-0.1, -0.05) is 12.1 Å². The zero-order valence-electron chi connectivity index (χ0n) is 8.30. The topological polar surface area (TPSA) is 72.0 Å². The van der Waals surface area contributed by atoms with E-state index in [2.05, 4.69) is 10.2 Å². The van der Waals surface area contributed by atoms with E-state index in [0.717, 1.165) is 16.3 Å². The number of nitrogens with zero attached hydrogens (tertiary/aromatic N) is 2. The third-order valence-electron chi connectivity index (χ3n) is 2.44. The van der Waals surface area contributed by atoms with Gasteiger partial charge < -0.3 is 10.8 Å². The van der Waals surface area contributed by atoms with Crippen molar-refractivity contribution in [3.05, 3.63) is 36.2 Å². The van der Waals surface area contributed by atoms with E-state index >= 15 is 0 Å². The van der Waals surface area contributed by atoms with Crippen LogP contribution in [0.1, 0.15) is 18.0 Å². The molecule has 0 aliphatic carbocycles. The van der Waals surface area contributed by atoms with Crippen molar-refractivity contribution in [2.45, 2.75) is 12.5 Å². The second-order valence-corrected chi connectivity index (χ2v) is 3.50. The van der Waals surface area contributed by atoms with Gasteiger partial charge in [-0.05, 0) is 18.1 Å². The fourth-order valence-corrected chi connectivity index (χ4v) is 1.55. The van der Waals surface area contributed by atoms with Crippen molar-refractivity contribution in [1.29, 1.82) is 0 Å². The zero-order valence-corrected chi connectivity index (χ0v) is 8.30. The lowest BCUT2D eigenvalue weighted by molar-refractivity contribution is 0.276. The van der Waals surface area contributed by atoms with Crippen LogP contribution in [-0.4, -0.2) is 21.9 Å². The lowest BCUT2D eigenvalue weighted by Crippen LogP contribution is -2.11. The number of rotatable bonds is 3. The zero-order chi connectivity index (χ0) is 10.7. The molecular weight excluding hydrogens is 190 g/mol. The molecule has 0 saturated carbocycles. The Bertz CT molecular complexity index is 458. The molecule has 2 aromatic rings. The molecule has 15 heavy (non-hydrogen) atoms. The molecule has 0 saturated heterocycles. The van der Waals surface area contributed by atoms with Gasteiger partial charge in [-0.25, -0.2) is 0 Å². The van der Waals surface area contributed by atoms with Crippen molar-refractivity contribution in [2.24, 2.45) is 5.73 Å². The number of fused-ring (bicyclic) bond motifs is 1. The average Bonchev–Trinajstić information content (AvgIpc) is 2.29. The lowest BCUT2D eigenvalue weighted by atomic mass is 10.0. The van der Waals surface area contributed by atoms with Crippen molar-refractivity contribution in [3.63, 3.8) is 0 Å². The van der Waals surface area contributed by atoms with Crippen LogP contribution in [0.15, 0.2) is 30.6 Å². The standard InChI is InChI=1S/C11H13N3O/c12-11(3-4-15)8-1-2-9-6-13-14-7-10(9)5-8/h1-2,5-7,11,15H,3-4,12H2. The number of benzene rings is 1. The number of hydrogen-bond acceptors (Lipinski definition) is 4.